The molecular weight excluding hydrogens is 316 g/mol. The van der Waals surface area contributed by atoms with Crippen LogP contribution in [-0.2, 0) is 4.74 Å². The second-order valence-electron chi connectivity index (χ2n) is 6.75. The molecule has 0 spiro atoms. The predicted octanol–water partition coefficient (Wildman–Crippen LogP) is 5.02. The Morgan fingerprint density at radius 2 is 1.64 bits per heavy atom. The highest BCUT2D eigenvalue weighted by atomic mass is 16.6. The number of nitrogens with one attached hydrogen (secondary N) is 1. The molecule has 0 aromatic heterocycles. The second kappa shape index (κ2) is 7.92. The Balaban J connectivity index is 2.33. The quantitative estimate of drug-likeness (QED) is 0.775. The molecule has 0 radical (unpaired) electrons. The van der Waals surface area contributed by atoms with Gasteiger partial charge in [-0.05, 0) is 45.4 Å². The zero-order valence-electron chi connectivity index (χ0n) is 15.4. The molecule has 5 nitrogen and oxygen atoms in total. The number of rotatable bonds is 5. The van der Waals surface area contributed by atoms with Crippen molar-refractivity contribution in [3.63, 3.8) is 0 Å². The summed E-state index contributed by atoms with van der Waals surface area (Å²) in [7, 11) is 1.60. The lowest BCUT2D eigenvalue weighted by Gasteiger charge is -2.33. The number of carbonyl (C=O) groups excluding carboxylic acids is 1. The number of hydrazine groups is 1. The van der Waals surface area contributed by atoms with Crippen molar-refractivity contribution in [1.82, 2.24) is 5.01 Å². The number of anilines is 1. The Hall–Kier alpha value is -2.69. The van der Waals surface area contributed by atoms with Crippen molar-refractivity contribution in [2.75, 3.05) is 12.5 Å². The molecule has 1 unspecified atom stereocenters. The van der Waals surface area contributed by atoms with E-state index in [1.807, 2.05) is 82.3 Å². The number of benzene rings is 2. The number of carbonyl (C=O) groups is 1. The van der Waals surface area contributed by atoms with E-state index in [1.54, 1.807) is 7.11 Å². The zero-order valence-corrected chi connectivity index (χ0v) is 15.4. The molecule has 2 rings (SSSR count). The van der Waals surface area contributed by atoms with Gasteiger partial charge >= 0.3 is 6.09 Å². The summed E-state index contributed by atoms with van der Waals surface area (Å²) in [6.07, 6.45) is -0.449. The van der Waals surface area contributed by atoms with Gasteiger partial charge in [0.1, 0.15) is 11.4 Å². The molecule has 1 atom stereocenters. The van der Waals surface area contributed by atoms with Crippen molar-refractivity contribution in [3.05, 3.63) is 60.2 Å². The first kappa shape index (κ1) is 18.6. The van der Waals surface area contributed by atoms with Gasteiger partial charge in [-0.1, -0.05) is 42.5 Å². The van der Waals surface area contributed by atoms with Gasteiger partial charge in [0.25, 0.3) is 0 Å². The maximum Gasteiger partial charge on any atom is 0.429 e. The van der Waals surface area contributed by atoms with Crippen molar-refractivity contribution in [3.8, 4) is 5.75 Å². The summed E-state index contributed by atoms with van der Waals surface area (Å²) in [4.78, 5) is 12.8. The molecule has 2 aromatic rings. The number of para-hydroxylation sites is 2. The van der Waals surface area contributed by atoms with E-state index in [0.717, 1.165) is 5.56 Å². The number of hydrogen-bond donors (Lipinski definition) is 1. The van der Waals surface area contributed by atoms with Gasteiger partial charge in [-0.15, -0.1) is 0 Å². The Labute approximate surface area is 149 Å². The van der Waals surface area contributed by atoms with E-state index >= 15 is 0 Å². The summed E-state index contributed by atoms with van der Waals surface area (Å²) in [5, 5.41) is 1.48. The molecule has 0 aliphatic carbocycles. The SMILES string of the molecule is COc1ccccc1NN(C(=O)OC(C)(C)C)C(C)c1ccccc1. The Morgan fingerprint density at radius 1 is 1.04 bits per heavy atom. The van der Waals surface area contributed by atoms with Gasteiger partial charge in [0, 0.05) is 0 Å². The monoisotopic (exact) mass is 342 g/mol. The van der Waals surface area contributed by atoms with Crippen LogP contribution in [0.5, 0.6) is 5.75 Å². The molecule has 134 valence electrons. The van der Waals surface area contributed by atoms with Crippen molar-refractivity contribution >= 4 is 11.8 Å². The largest absolute Gasteiger partial charge is 0.495 e. The van der Waals surface area contributed by atoms with Gasteiger partial charge in [-0.2, -0.15) is 0 Å². The van der Waals surface area contributed by atoms with Crippen LogP contribution in [-0.4, -0.2) is 23.8 Å². The minimum absolute atomic E-state index is 0.235. The van der Waals surface area contributed by atoms with Gasteiger partial charge in [0.15, 0.2) is 0 Å². The molecule has 5 heteroatoms. The van der Waals surface area contributed by atoms with E-state index in [9.17, 15) is 4.79 Å². The number of methoxy groups -OCH3 is 1. The van der Waals surface area contributed by atoms with Gasteiger partial charge in [-0.25, -0.2) is 9.80 Å². The average Bonchev–Trinajstić information content (AvgIpc) is 2.58. The van der Waals surface area contributed by atoms with E-state index in [-0.39, 0.29) is 6.04 Å². The molecule has 2 aromatic carbocycles. The molecular formula is C20H26N2O3. The molecule has 0 bridgehead atoms. The van der Waals surface area contributed by atoms with Crippen LogP contribution in [0, 0.1) is 0 Å². The Morgan fingerprint density at radius 3 is 2.24 bits per heavy atom. The fraction of sp³-hybridized carbons (Fsp3) is 0.350. The van der Waals surface area contributed by atoms with Crippen molar-refractivity contribution < 1.29 is 14.3 Å². The first-order valence-electron chi connectivity index (χ1n) is 8.28. The third-order valence-electron chi connectivity index (χ3n) is 3.61. The van der Waals surface area contributed by atoms with Crippen LogP contribution in [0.2, 0.25) is 0 Å². The van der Waals surface area contributed by atoms with E-state index in [4.69, 9.17) is 9.47 Å². The molecule has 0 saturated heterocycles. The third-order valence-corrected chi connectivity index (χ3v) is 3.61. The summed E-state index contributed by atoms with van der Waals surface area (Å²) in [5.41, 5.74) is 4.25. The summed E-state index contributed by atoms with van der Waals surface area (Å²) >= 11 is 0. The molecule has 0 saturated carbocycles. The smallest absolute Gasteiger partial charge is 0.429 e. The number of hydrogen-bond acceptors (Lipinski definition) is 4. The van der Waals surface area contributed by atoms with E-state index in [0.29, 0.717) is 11.4 Å². The molecule has 0 aliphatic heterocycles. The van der Waals surface area contributed by atoms with Crippen LogP contribution in [0.25, 0.3) is 0 Å². The zero-order chi connectivity index (χ0) is 18.4. The summed E-state index contributed by atoms with van der Waals surface area (Å²) in [6, 6.07) is 17.0. The van der Waals surface area contributed by atoms with Crippen LogP contribution in [0.3, 0.4) is 0 Å². The predicted molar refractivity (Wildman–Crippen MR) is 99.5 cm³/mol. The highest BCUT2D eigenvalue weighted by Crippen LogP contribution is 2.28. The molecule has 0 aliphatic rings. The van der Waals surface area contributed by atoms with E-state index in [1.165, 1.54) is 5.01 Å². The molecule has 0 fully saturated rings. The third kappa shape index (κ3) is 5.14. The minimum atomic E-state index is -0.589. The maximum absolute atomic E-state index is 12.8. The van der Waals surface area contributed by atoms with Crippen molar-refractivity contribution in [2.45, 2.75) is 39.3 Å². The average molecular weight is 342 g/mol. The van der Waals surface area contributed by atoms with Gasteiger partial charge in [0.2, 0.25) is 0 Å². The fourth-order valence-electron chi connectivity index (χ4n) is 2.36. The molecule has 1 N–H and O–H groups in total. The first-order valence-corrected chi connectivity index (χ1v) is 8.28. The lowest BCUT2D eigenvalue weighted by atomic mass is 10.1. The van der Waals surface area contributed by atoms with Crippen LogP contribution in [0.4, 0.5) is 10.5 Å². The van der Waals surface area contributed by atoms with Gasteiger partial charge in [-0.3, -0.25) is 5.43 Å². The van der Waals surface area contributed by atoms with Gasteiger partial charge in [0.05, 0.1) is 18.8 Å². The standard InChI is InChI=1S/C20H26N2O3/c1-15(16-11-7-6-8-12-16)22(19(23)25-20(2,3)4)21-17-13-9-10-14-18(17)24-5/h6-15,21H,1-5H3. The Kier molecular flexibility index (Phi) is 5.91. The fourth-order valence-corrected chi connectivity index (χ4v) is 2.36. The maximum atomic E-state index is 12.8. The topological polar surface area (TPSA) is 50.8 Å². The van der Waals surface area contributed by atoms with E-state index in [2.05, 4.69) is 5.43 Å². The first-order chi connectivity index (χ1) is 11.8. The highest BCUT2D eigenvalue weighted by Gasteiger charge is 2.27. The highest BCUT2D eigenvalue weighted by molar-refractivity contribution is 5.72. The summed E-state index contributed by atoms with van der Waals surface area (Å²) < 4.78 is 10.9. The molecule has 25 heavy (non-hydrogen) atoms. The summed E-state index contributed by atoms with van der Waals surface area (Å²) in [6.45, 7) is 7.49. The van der Waals surface area contributed by atoms with Gasteiger partial charge < -0.3 is 9.47 Å². The summed E-state index contributed by atoms with van der Waals surface area (Å²) in [5.74, 6) is 0.649. The molecule has 1 amide bonds. The lowest BCUT2D eigenvalue weighted by molar-refractivity contribution is 0.0231. The van der Waals surface area contributed by atoms with Crippen LogP contribution < -0.4 is 10.2 Å². The minimum Gasteiger partial charge on any atom is -0.495 e. The second-order valence-corrected chi connectivity index (χ2v) is 6.75. The van der Waals surface area contributed by atoms with Crippen LogP contribution in [0.1, 0.15) is 39.3 Å². The normalized spacial score (nSPS) is 12.2. The number of nitrogens with zero attached hydrogens (tertiary/aromatic N) is 1. The number of ether oxygens (including phenoxy) is 2. The number of amides is 1. The van der Waals surface area contributed by atoms with Crippen molar-refractivity contribution in [2.24, 2.45) is 0 Å². The van der Waals surface area contributed by atoms with Crippen molar-refractivity contribution in [1.29, 1.82) is 0 Å². The molecule has 0 heterocycles. The van der Waals surface area contributed by atoms with E-state index < -0.39 is 11.7 Å². The lowest BCUT2D eigenvalue weighted by Crippen LogP contribution is -2.42. The van der Waals surface area contributed by atoms with Crippen LogP contribution >= 0.6 is 0 Å². The van der Waals surface area contributed by atoms with Crippen LogP contribution in [0.15, 0.2) is 54.6 Å². The Bertz CT molecular complexity index is 696.